The van der Waals surface area contributed by atoms with Crippen LogP contribution in [0.2, 0.25) is 0 Å². The topological polar surface area (TPSA) is 71.6 Å². The van der Waals surface area contributed by atoms with E-state index in [2.05, 4.69) is 6.07 Å². The van der Waals surface area contributed by atoms with Crippen LogP contribution in [0, 0.1) is 6.92 Å². The normalized spacial score (nSPS) is 19.2. The van der Waals surface area contributed by atoms with Crippen LogP contribution < -0.4 is 5.73 Å². The molecule has 23 heavy (non-hydrogen) atoms. The fourth-order valence-corrected chi connectivity index (χ4v) is 3.20. The summed E-state index contributed by atoms with van der Waals surface area (Å²) < 4.78 is 2.02. The van der Waals surface area contributed by atoms with Crippen molar-refractivity contribution in [3.8, 4) is 0 Å². The SMILES string of the molecule is Cc1cc2ccccc2n1CC(=O)N1CCN(C)[C@@H](C(N)=O)C1. The van der Waals surface area contributed by atoms with Gasteiger partial charge in [-0.15, -0.1) is 0 Å². The number of carbonyl (C=O) groups is 2. The Balaban J connectivity index is 1.78. The molecule has 0 radical (unpaired) electrons. The molecule has 2 amide bonds. The average molecular weight is 314 g/mol. The highest BCUT2D eigenvalue weighted by Gasteiger charge is 2.30. The van der Waals surface area contributed by atoms with Crippen molar-refractivity contribution in [3.63, 3.8) is 0 Å². The summed E-state index contributed by atoms with van der Waals surface area (Å²) in [5.41, 5.74) is 7.54. The van der Waals surface area contributed by atoms with Gasteiger partial charge in [-0.05, 0) is 31.5 Å². The maximum absolute atomic E-state index is 12.7. The molecule has 1 aromatic heterocycles. The molecule has 1 atom stereocenters. The van der Waals surface area contributed by atoms with Crippen LogP contribution in [-0.4, -0.2) is 58.9 Å². The molecule has 0 spiro atoms. The molecule has 0 aliphatic carbocycles. The Hall–Kier alpha value is -2.34. The van der Waals surface area contributed by atoms with Crippen molar-refractivity contribution in [1.29, 1.82) is 0 Å². The van der Waals surface area contributed by atoms with Crippen LogP contribution in [0.4, 0.5) is 0 Å². The third-order valence-electron chi connectivity index (χ3n) is 4.64. The Morgan fingerprint density at radius 1 is 1.26 bits per heavy atom. The monoisotopic (exact) mass is 314 g/mol. The van der Waals surface area contributed by atoms with Gasteiger partial charge in [0.1, 0.15) is 12.6 Å². The van der Waals surface area contributed by atoms with Gasteiger partial charge in [-0.3, -0.25) is 14.5 Å². The zero-order valence-corrected chi connectivity index (χ0v) is 13.5. The number of rotatable bonds is 3. The lowest BCUT2D eigenvalue weighted by atomic mass is 10.1. The van der Waals surface area contributed by atoms with Crippen LogP contribution in [-0.2, 0) is 16.1 Å². The minimum absolute atomic E-state index is 0.0220. The highest BCUT2D eigenvalue weighted by molar-refractivity contribution is 5.85. The second kappa shape index (κ2) is 6.04. The van der Waals surface area contributed by atoms with Crippen LogP contribution in [0.15, 0.2) is 30.3 Å². The Bertz CT molecular complexity index is 752. The molecule has 1 aliphatic rings. The number of nitrogens with two attached hydrogens (primary N) is 1. The van der Waals surface area contributed by atoms with Gasteiger partial charge in [0.25, 0.3) is 0 Å². The number of aryl methyl sites for hydroxylation is 1. The lowest BCUT2D eigenvalue weighted by Gasteiger charge is -2.37. The van der Waals surface area contributed by atoms with E-state index in [4.69, 9.17) is 5.73 Å². The molecule has 2 heterocycles. The van der Waals surface area contributed by atoms with Crippen molar-refractivity contribution < 1.29 is 9.59 Å². The van der Waals surface area contributed by atoms with Gasteiger partial charge in [0.2, 0.25) is 11.8 Å². The predicted octanol–water partition coefficient (Wildman–Crippen LogP) is 0.578. The number of benzene rings is 1. The molecule has 2 N–H and O–H groups in total. The zero-order chi connectivity index (χ0) is 16.6. The molecule has 1 aromatic carbocycles. The Morgan fingerprint density at radius 3 is 2.74 bits per heavy atom. The summed E-state index contributed by atoms with van der Waals surface area (Å²) in [5.74, 6) is -0.360. The van der Waals surface area contributed by atoms with Gasteiger partial charge >= 0.3 is 0 Å². The number of hydrogen-bond donors (Lipinski definition) is 1. The summed E-state index contributed by atoms with van der Waals surface area (Å²) in [6.07, 6.45) is 0. The summed E-state index contributed by atoms with van der Waals surface area (Å²) in [7, 11) is 1.86. The second-order valence-electron chi connectivity index (χ2n) is 6.17. The smallest absolute Gasteiger partial charge is 0.242 e. The fourth-order valence-electron chi connectivity index (χ4n) is 3.20. The predicted molar refractivity (Wildman–Crippen MR) is 88.9 cm³/mol. The van der Waals surface area contributed by atoms with Crippen molar-refractivity contribution in [3.05, 3.63) is 36.0 Å². The lowest BCUT2D eigenvalue weighted by Crippen LogP contribution is -2.58. The summed E-state index contributed by atoms with van der Waals surface area (Å²) >= 11 is 0. The zero-order valence-electron chi connectivity index (χ0n) is 13.5. The number of para-hydroxylation sites is 1. The minimum atomic E-state index is -0.407. The van der Waals surface area contributed by atoms with E-state index >= 15 is 0 Å². The quantitative estimate of drug-likeness (QED) is 0.901. The van der Waals surface area contributed by atoms with Gasteiger partial charge in [0.15, 0.2) is 0 Å². The van der Waals surface area contributed by atoms with E-state index in [-0.39, 0.29) is 18.4 Å². The fraction of sp³-hybridized carbons (Fsp3) is 0.412. The summed E-state index contributed by atoms with van der Waals surface area (Å²) in [5, 5.41) is 1.13. The number of piperazine rings is 1. The number of aromatic nitrogens is 1. The molecular formula is C17H22N4O2. The molecule has 3 rings (SSSR count). The van der Waals surface area contributed by atoms with Gasteiger partial charge < -0.3 is 15.2 Å². The lowest BCUT2D eigenvalue weighted by molar-refractivity contribution is -0.137. The van der Waals surface area contributed by atoms with E-state index in [1.54, 1.807) is 4.90 Å². The number of nitrogens with zero attached hydrogens (tertiary/aromatic N) is 3. The van der Waals surface area contributed by atoms with E-state index in [1.807, 2.05) is 47.7 Å². The third kappa shape index (κ3) is 2.94. The number of hydrogen-bond acceptors (Lipinski definition) is 3. The molecule has 122 valence electrons. The largest absolute Gasteiger partial charge is 0.368 e. The van der Waals surface area contributed by atoms with Crippen molar-refractivity contribution in [2.24, 2.45) is 5.73 Å². The number of carbonyl (C=O) groups excluding carboxylic acids is 2. The van der Waals surface area contributed by atoms with Crippen LogP contribution in [0.5, 0.6) is 0 Å². The molecular weight excluding hydrogens is 292 g/mol. The van der Waals surface area contributed by atoms with E-state index in [0.29, 0.717) is 19.6 Å². The van der Waals surface area contributed by atoms with Crippen molar-refractivity contribution in [2.45, 2.75) is 19.5 Å². The highest BCUT2D eigenvalue weighted by Crippen LogP contribution is 2.19. The summed E-state index contributed by atoms with van der Waals surface area (Å²) in [6.45, 7) is 3.93. The average Bonchev–Trinajstić information content (AvgIpc) is 2.83. The first-order valence-electron chi connectivity index (χ1n) is 7.79. The number of amides is 2. The maximum Gasteiger partial charge on any atom is 0.242 e. The van der Waals surface area contributed by atoms with Gasteiger partial charge in [-0.1, -0.05) is 18.2 Å². The number of primary amides is 1. The molecule has 0 saturated carbocycles. The van der Waals surface area contributed by atoms with E-state index in [0.717, 1.165) is 16.6 Å². The molecule has 1 aliphatic heterocycles. The van der Waals surface area contributed by atoms with E-state index in [9.17, 15) is 9.59 Å². The Morgan fingerprint density at radius 2 is 2.00 bits per heavy atom. The Kier molecular flexibility index (Phi) is 4.09. The molecule has 1 fully saturated rings. The van der Waals surface area contributed by atoms with Crippen molar-refractivity contribution in [2.75, 3.05) is 26.7 Å². The summed E-state index contributed by atoms with van der Waals surface area (Å²) in [6, 6.07) is 9.70. The van der Waals surface area contributed by atoms with Crippen molar-refractivity contribution >= 4 is 22.7 Å². The molecule has 6 heteroatoms. The minimum Gasteiger partial charge on any atom is -0.368 e. The van der Waals surface area contributed by atoms with E-state index < -0.39 is 6.04 Å². The molecule has 6 nitrogen and oxygen atoms in total. The van der Waals surface area contributed by atoms with Crippen LogP contribution in [0.1, 0.15) is 5.69 Å². The highest BCUT2D eigenvalue weighted by atomic mass is 16.2. The van der Waals surface area contributed by atoms with Crippen molar-refractivity contribution in [1.82, 2.24) is 14.4 Å². The first kappa shape index (κ1) is 15.6. The molecule has 0 bridgehead atoms. The van der Waals surface area contributed by atoms with Gasteiger partial charge in [0, 0.05) is 30.8 Å². The number of fused-ring (bicyclic) bond motifs is 1. The van der Waals surface area contributed by atoms with Gasteiger partial charge in [-0.2, -0.15) is 0 Å². The molecule has 1 saturated heterocycles. The first-order valence-corrected chi connectivity index (χ1v) is 7.79. The number of likely N-dealkylation sites (N-methyl/N-ethyl adjacent to an activating group) is 1. The third-order valence-corrected chi connectivity index (χ3v) is 4.64. The second-order valence-corrected chi connectivity index (χ2v) is 6.17. The van der Waals surface area contributed by atoms with Gasteiger partial charge in [-0.25, -0.2) is 0 Å². The summed E-state index contributed by atoms with van der Waals surface area (Å²) in [4.78, 5) is 27.8. The van der Waals surface area contributed by atoms with Gasteiger partial charge in [0.05, 0.1) is 0 Å². The van der Waals surface area contributed by atoms with Crippen LogP contribution in [0.25, 0.3) is 10.9 Å². The standard InChI is InChI=1S/C17H22N4O2/c1-12-9-13-5-3-4-6-14(13)21(12)11-16(22)20-8-7-19(2)15(10-20)17(18)23/h3-6,9,15H,7-8,10-11H2,1-2H3,(H2,18,23)/t15-/m1/s1. The van der Waals surface area contributed by atoms with Crippen LogP contribution >= 0.6 is 0 Å². The maximum atomic E-state index is 12.7. The Labute approximate surface area is 135 Å². The molecule has 0 unspecified atom stereocenters. The van der Waals surface area contributed by atoms with Crippen LogP contribution in [0.3, 0.4) is 0 Å². The first-order chi connectivity index (χ1) is 11.0. The molecule has 2 aromatic rings. The van der Waals surface area contributed by atoms with E-state index in [1.165, 1.54) is 0 Å².